The SMILES string of the molecule is Cc1ccc2c(c1)c1cc(C)ccc1n2-c1cnc(-n2c3ccc(C)cc3c3cc(C)ccc32)c(-n2c3ccc(C)cc3c3cc(C)ccc32)c1-c1cccc(-c2nc(-c3ccccc3)nc(-c3ccccc3)n2)c1. The fraction of sp³-hybridized carbons (Fsp3) is 0.0882. The standard InChI is InChI=1S/C68H51N7/c1-40-20-26-56-50(32-40)51-33-41(2)21-27-57(51)73(56)62-39-69-68(75-60-30-24-44(5)36-54(60)55-37-45(6)25-31-61(55)75)64(74-58-28-22-42(3)34-52(58)53-35-43(4)23-29-59(53)74)63(62)48-18-13-19-49(38-48)67-71-65(46-14-9-7-10-15-46)70-66(72-67)47-16-11-8-12-17-47/h7-39H,1-6H3. The Kier molecular flexibility index (Phi) is 10.1. The van der Waals surface area contributed by atoms with Crippen molar-refractivity contribution in [2.75, 3.05) is 0 Å². The summed E-state index contributed by atoms with van der Waals surface area (Å²) in [4.78, 5) is 21.4. The zero-order chi connectivity index (χ0) is 50.6. The van der Waals surface area contributed by atoms with E-state index >= 15 is 0 Å². The highest BCUT2D eigenvalue weighted by atomic mass is 15.1. The van der Waals surface area contributed by atoms with Crippen LogP contribution in [0.25, 0.3) is 128 Å². The van der Waals surface area contributed by atoms with Crippen molar-refractivity contribution in [3.8, 4) is 62.5 Å². The van der Waals surface area contributed by atoms with Crippen LogP contribution in [0.1, 0.15) is 33.4 Å². The summed E-state index contributed by atoms with van der Waals surface area (Å²) >= 11 is 0. The highest BCUT2D eigenvalue weighted by Crippen LogP contribution is 2.46. The van der Waals surface area contributed by atoms with Crippen LogP contribution in [0.3, 0.4) is 0 Å². The first-order chi connectivity index (χ1) is 36.6. The van der Waals surface area contributed by atoms with Gasteiger partial charge in [-0.05, 0) is 126 Å². The third-order valence-electron chi connectivity index (χ3n) is 15.0. The lowest BCUT2D eigenvalue weighted by molar-refractivity contribution is 1.01. The van der Waals surface area contributed by atoms with E-state index in [4.69, 9.17) is 19.9 Å². The monoisotopic (exact) mass is 965 g/mol. The van der Waals surface area contributed by atoms with Gasteiger partial charge in [0.05, 0.1) is 50.7 Å². The molecule has 358 valence electrons. The van der Waals surface area contributed by atoms with Crippen LogP contribution in [0, 0.1) is 41.5 Å². The molecular formula is C68H51N7. The predicted molar refractivity (Wildman–Crippen MR) is 311 cm³/mol. The number of hydrogen-bond donors (Lipinski definition) is 0. The third-order valence-corrected chi connectivity index (χ3v) is 15.0. The Hall–Kier alpha value is -9.46. The summed E-state index contributed by atoms with van der Waals surface area (Å²) in [6, 6.07) is 70.2. The van der Waals surface area contributed by atoms with Gasteiger partial charge in [0, 0.05) is 54.6 Å². The molecule has 14 aromatic rings. The van der Waals surface area contributed by atoms with Gasteiger partial charge in [-0.2, -0.15) is 0 Å². The number of nitrogens with zero attached hydrogens (tertiary/aromatic N) is 7. The molecule has 0 aliphatic heterocycles. The molecule has 9 aromatic carbocycles. The van der Waals surface area contributed by atoms with Crippen molar-refractivity contribution in [2.24, 2.45) is 0 Å². The van der Waals surface area contributed by atoms with Gasteiger partial charge in [0.1, 0.15) is 0 Å². The quantitative estimate of drug-likeness (QED) is 0.160. The van der Waals surface area contributed by atoms with Crippen LogP contribution in [0.15, 0.2) is 200 Å². The first-order valence-corrected chi connectivity index (χ1v) is 25.7. The Bertz CT molecular complexity index is 4420. The van der Waals surface area contributed by atoms with Crippen molar-refractivity contribution in [3.63, 3.8) is 0 Å². The Morgan fingerprint density at radius 3 is 1.03 bits per heavy atom. The summed E-state index contributed by atoms with van der Waals surface area (Å²) < 4.78 is 7.33. The van der Waals surface area contributed by atoms with Gasteiger partial charge in [-0.25, -0.2) is 19.9 Å². The Labute approximate surface area is 434 Å². The average molecular weight is 966 g/mol. The molecule has 0 aliphatic rings. The van der Waals surface area contributed by atoms with Crippen molar-refractivity contribution >= 4 is 65.4 Å². The molecule has 0 unspecified atom stereocenters. The summed E-state index contributed by atoms with van der Waals surface area (Å²) in [6.45, 7) is 13.1. The number of benzene rings is 9. The molecule has 0 saturated heterocycles. The Balaban J connectivity index is 1.18. The van der Waals surface area contributed by atoms with Crippen molar-refractivity contribution < 1.29 is 0 Å². The molecule has 14 rings (SSSR count). The maximum absolute atomic E-state index is 5.82. The molecule has 0 saturated carbocycles. The molecule has 5 heterocycles. The Morgan fingerprint density at radius 1 is 0.293 bits per heavy atom. The van der Waals surface area contributed by atoms with Gasteiger partial charge >= 0.3 is 0 Å². The summed E-state index contributed by atoms with van der Waals surface area (Å²) in [5.74, 6) is 2.62. The van der Waals surface area contributed by atoms with Crippen molar-refractivity contribution in [1.29, 1.82) is 0 Å². The van der Waals surface area contributed by atoms with E-state index in [0.717, 1.165) is 78.1 Å². The third kappa shape index (κ3) is 7.18. The molecular weight excluding hydrogens is 915 g/mol. The molecule has 5 aromatic heterocycles. The van der Waals surface area contributed by atoms with Crippen LogP contribution < -0.4 is 0 Å². The van der Waals surface area contributed by atoms with Crippen LogP contribution in [0.2, 0.25) is 0 Å². The summed E-state index contributed by atoms with van der Waals surface area (Å²) in [6.07, 6.45) is 2.12. The Morgan fingerprint density at radius 2 is 0.627 bits per heavy atom. The number of rotatable bonds is 7. The molecule has 0 amide bonds. The van der Waals surface area contributed by atoms with Crippen LogP contribution in [-0.4, -0.2) is 33.6 Å². The second-order valence-corrected chi connectivity index (χ2v) is 20.4. The number of aromatic nitrogens is 7. The minimum atomic E-state index is 0.584. The molecule has 0 spiro atoms. The van der Waals surface area contributed by atoms with E-state index < -0.39 is 0 Å². The molecule has 0 fully saturated rings. The van der Waals surface area contributed by atoms with Gasteiger partial charge in [0.15, 0.2) is 23.3 Å². The second kappa shape index (κ2) is 17.1. The fourth-order valence-electron chi connectivity index (χ4n) is 11.5. The van der Waals surface area contributed by atoms with Crippen molar-refractivity contribution in [2.45, 2.75) is 41.5 Å². The predicted octanol–water partition coefficient (Wildman–Crippen LogP) is 17.1. The zero-order valence-corrected chi connectivity index (χ0v) is 42.7. The van der Waals surface area contributed by atoms with Gasteiger partial charge in [0.25, 0.3) is 0 Å². The average Bonchev–Trinajstić information content (AvgIpc) is 4.16. The molecule has 75 heavy (non-hydrogen) atoms. The lowest BCUT2D eigenvalue weighted by Gasteiger charge is -2.24. The van der Waals surface area contributed by atoms with E-state index in [1.165, 1.54) is 65.7 Å². The molecule has 7 heteroatoms. The number of pyridine rings is 1. The van der Waals surface area contributed by atoms with Crippen LogP contribution >= 0.6 is 0 Å². The highest BCUT2D eigenvalue weighted by Gasteiger charge is 2.29. The lowest BCUT2D eigenvalue weighted by Crippen LogP contribution is -2.11. The number of aryl methyl sites for hydroxylation is 6. The van der Waals surface area contributed by atoms with Crippen molar-refractivity contribution in [1.82, 2.24) is 33.6 Å². The van der Waals surface area contributed by atoms with Crippen LogP contribution in [-0.2, 0) is 0 Å². The van der Waals surface area contributed by atoms with Crippen LogP contribution in [0.5, 0.6) is 0 Å². The van der Waals surface area contributed by atoms with Gasteiger partial charge < -0.3 is 9.13 Å². The van der Waals surface area contributed by atoms with Crippen LogP contribution in [0.4, 0.5) is 0 Å². The molecule has 0 aliphatic carbocycles. The van der Waals surface area contributed by atoms with E-state index in [-0.39, 0.29) is 0 Å². The van der Waals surface area contributed by atoms with Gasteiger partial charge in [0.2, 0.25) is 0 Å². The minimum Gasteiger partial charge on any atom is -0.307 e. The van der Waals surface area contributed by atoms with E-state index in [1.807, 2.05) is 36.4 Å². The van der Waals surface area contributed by atoms with Crippen molar-refractivity contribution in [3.05, 3.63) is 234 Å². The zero-order valence-electron chi connectivity index (χ0n) is 42.7. The maximum atomic E-state index is 5.82. The van der Waals surface area contributed by atoms with E-state index in [9.17, 15) is 0 Å². The summed E-state index contributed by atoms with van der Waals surface area (Å²) in [5.41, 5.74) is 20.4. The topological polar surface area (TPSA) is 66.3 Å². The fourth-order valence-corrected chi connectivity index (χ4v) is 11.5. The van der Waals surface area contributed by atoms with Gasteiger partial charge in [-0.1, -0.05) is 149 Å². The van der Waals surface area contributed by atoms with E-state index in [2.05, 4.69) is 219 Å². The summed E-state index contributed by atoms with van der Waals surface area (Å²) in [7, 11) is 0. The smallest absolute Gasteiger partial charge is 0.164 e. The van der Waals surface area contributed by atoms with E-state index in [1.54, 1.807) is 0 Å². The second-order valence-electron chi connectivity index (χ2n) is 20.4. The molecule has 0 N–H and O–H groups in total. The largest absolute Gasteiger partial charge is 0.307 e. The normalized spacial score (nSPS) is 11.9. The molecule has 7 nitrogen and oxygen atoms in total. The van der Waals surface area contributed by atoms with E-state index in [0.29, 0.717) is 17.5 Å². The molecule has 0 bridgehead atoms. The highest BCUT2D eigenvalue weighted by molar-refractivity contribution is 6.14. The van der Waals surface area contributed by atoms with Gasteiger partial charge in [-0.3, -0.25) is 4.57 Å². The summed E-state index contributed by atoms with van der Waals surface area (Å²) in [5, 5.41) is 7.15. The van der Waals surface area contributed by atoms with Gasteiger partial charge in [-0.15, -0.1) is 0 Å². The molecule has 0 atom stereocenters. The lowest BCUT2D eigenvalue weighted by atomic mass is 9.99. The first kappa shape index (κ1) is 44.3. The molecule has 0 radical (unpaired) electrons. The minimum absolute atomic E-state index is 0.584. The number of fused-ring (bicyclic) bond motifs is 9. The maximum Gasteiger partial charge on any atom is 0.164 e. The first-order valence-electron chi connectivity index (χ1n) is 25.7. The number of hydrogen-bond acceptors (Lipinski definition) is 4.